The van der Waals surface area contributed by atoms with E-state index in [1.54, 1.807) is 30.5 Å². The molecule has 0 bridgehead atoms. The predicted octanol–water partition coefficient (Wildman–Crippen LogP) is 5.44. The van der Waals surface area contributed by atoms with E-state index in [0.717, 1.165) is 18.5 Å². The standard InChI is InChI=1S/C23H16FN5O/c24-18-10-15(2-1-8-25)11-20(12-18)30-22-13-19(6-5-17(22)14-26)28-23-27-9-7-21(29-23)16-3-4-16/h1-2,5-7,9-13,16H,3-4H2,(H,27,28,29)/b2-1+. The van der Waals surface area contributed by atoms with Crippen molar-refractivity contribution in [2.75, 3.05) is 5.32 Å². The second-order valence-electron chi connectivity index (χ2n) is 6.81. The third kappa shape index (κ3) is 4.60. The van der Waals surface area contributed by atoms with E-state index in [-0.39, 0.29) is 11.5 Å². The van der Waals surface area contributed by atoms with Gasteiger partial charge in [-0.25, -0.2) is 14.4 Å². The van der Waals surface area contributed by atoms with E-state index >= 15 is 0 Å². The Morgan fingerprint density at radius 3 is 2.77 bits per heavy atom. The molecule has 0 amide bonds. The number of nitrogens with zero attached hydrogens (tertiary/aromatic N) is 4. The van der Waals surface area contributed by atoms with Crippen LogP contribution < -0.4 is 10.1 Å². The first-order valence-electron chi connectivity index (χ1n) is 9.33. The van der Waals surface area contributed by atoms with Crippen LogP contribution in [0.5, 0.6) is 11.5 Å². The number of allylic oxidation sites excluding steroid dienone is 1. The van der Waals surface area contributed by atoms with Gasteiger partial charge in [-0.1, -0.05) is 0 Å². The molecule has 0 aliphatic heterocycles. The summed E-state index contributed by atoms with van der Waals surface area (Å²) >= 11 is 0. The number of halogens is 1. The average molecular weight is 397 g/mol. The lowest BCUT2D eigenvalue weighted by molar-refractivity contribution is 0.475. The molecule has 1 aliphatic rings. The lowest BCUT2D eigenvalue weighted by atomic mass is 10.1. The second kappa shape index (κ2) is 8.42. The van der Waals surface area contributed by atoms with Gasteiger partial charge in [0.05, 0.1) is 11.6 Å². The summed E-state index contributed by atoms with van der Waals surface area (Å²) in [4.78, 5) is 8.77. The van der Waals surface area contributed by atoms with Gasteiger partial charge in [0.2, 0.25) is 5.95 Å². The molecule has 0 spiro atoms. The third-order valence-corrected chi connectivity index (χ3v) is 4.50. The molecule has 1 aromatic heterocycles. The maximum absolute atomic E-state index is 13.9. The molecule has 1 saturated carbocycles. The highest BCUT2D eigenvalue weighted by Gasteiger charge is 2.25. The molecule has 0 unspecified atom stereocenters. The molecular weight excluding hydrogens is 381 g/mol. The summed E-state index contributed by atoms with van der Waals surface area (Å²) in [5.74, 6) is 0.938. The molecule has 1 aliphatic carbocycles. The van der Waals surface area contributed by atoms with Gasteiger partial charge in [0.1, 0.15) is 23.4 Å². The van der Waals surface area contributed by atoms with Crippen molar-refractivity contribution in [2.45, 2.75) is 18.8 Å². The molecule has 0 saturated heterocycles. The molecule has 0 atom stereocenters. The number of nitrogens with one attached hydrogen (secondary N) is 1. The van der Waals surface area contributed by atoms with E-state index in [0.29, 0.717) is 28.7 Å². The third-order valence-electron chi connectivity index (χ3n) is 4.50. The van der Waals surface area contributed by atoms with Crippen LogP contribution in [0.4, 0.5) is 16.0 Å². The molecule has 3 aromatic rings. The molecule has 30 heavy (non-hydrogen) atoms. The zero-order chi connectivity index (χ0) is 20.9. The number of ether oxygens (including phenoxy) is 1. The van der Waals surface area contributed by atoms with Gasteiger partial charge < -0.3 is 10.1 Å². The molecule has 1 N–H and O–H groups in total. The van der Waals surface area contributed by atoms with Crippen LogP contribution in [0.1, 0.15) is 35.6 Å². The highest BCUT2D eigenvalue weighted by Crippen LogP contribution is 2.39. The van der Waals surface area contributed by atoms with E-state index in [4.69, 9.17) is 10.00 Å². The number of aromatic nitrogens is 2. The lowest BCUT2D eigenvalue weighted by Crippen LogP contribution is -2.00. The highest BCUT2D eigenvalue weighted by molar-refractivity contribution is 5.61. The Morgan fingerprint density at radius 2 is 2.00 bits per heavy atom. The van der Waals surface area contributed by atoms with E-state index in [1.807, 2.05) is 12.1 Å². The van der Waals surface area contributed by atoms with Crippen LogP contribution in [-0.2, 0) is 0 Å². The summed E-state index contributed by atoms with van der Waals surface area (Å²) in [6.45, 7) is 0. The quantitative estimate of drug-likeness (QED) is 0.557. The van der Waals surface area contributed by atoms with Gasteiger partial charge >= 0.3 is 0 Å². The molecule has 4 rings (SSSR count). The van der Waals surface area contributed by atoms with Crippen molar-refractivity contribution in [1.82, 2.24) is 9.97 Å². The normalized spacial score (nSPS) is 12.9. The molecule has 1 heterocycles. The lowest BCUT2D eigenvalue weighted by Gasteiger charge is -2.11. The van der Waals surface area contributed by atoms with Crippen molar-refractivity contribution in [3.63, 3.8) is 0 Å². The van der Waals surface area contributed by atoms with Gasteiger partial charge in [0.25, 0.3) is 0 Å². The Hall–Kier alpha value is -4.23. The van der Waals surface area contributed by atoms with E-state index in [1.165, 1.54) is 24.3 Å². The van der Waals surface area contributed by atoms with E-state index < -0.39 is 5.82 Å². The summed E-state index contributed by atoms with van der Waals surface area (Å²) in [7, 11) is 0. The van der Waals surface area contributed by atoms with Gasteiger partial charge in [0, 0.05) is 41.7 Å². The largest absolute Gasteiger partial charge is 0.456 e. The summed E-state index contributed by atoms with van der Waals surface area (Å²) in [5, 5.41) is 21.2. The van der Waals surface area contributed by atoms with Crippen molar-refractivity contribution in [3.05, 3.63) is 77.4 Å². The predicted molar refractivity (Wildman–Crippen MR) is 110 cm³/mol. The first kappa shape index (κ1) is 19.1. The van der Waals surface area contributed by atoms with Gasteiger partial charge in [-0.15, -0.1) is 0 Å². The van der Waals surface area contributed by atoms with Gasteiger partial charge in [-0.3, -0.25) is 0 Å². The van der Waals surface area contributed by atoms with Crippen LogP contribution in [0, 0.1) is 28.5 Å². The summed E-state index contributed by atoms with van der Waals surface area (Å²) in [5.41, 5.74) is 2.42. The Morgan fingerprint density at radius 1 is 1.13 bits per heavy atom. The fraction of sp³-hybridized carbons (Fsp3) is 0.130. The SMILES string of the molecule is N#C/C=C/c1cc(F)cc(Oc2cc(Nc3nccc(C4CC4)n3)ccc2C#N)c1. The van der Waals surface area contributed by atoms with Crippen LogP contribution in [-0.4, -0.2) is 9.97 Å². The zero-order valence-electron chi connectivity index (χ0n) is 15.8. The summed E-state index contributed by atoms with van der Waals surface area (Å²) in [6, 6.07) is 14.9. The minimum absolute atomic E-state index is 0.216. The first-order valence-corrected chi connectivity index (χ1v) is 9.33. The maximum atomic E-state index is 13.9. The van der Waals surface area contributed by atoms with Crippen LogP contribution in [0.15, 0.2) is 54.7 Å². The van der Waals surface area contributed by atoms with Gasteiger partial charge in [0.15, 0.2) is 0 Å². The minimum atomic E-state index is -0.511. The molecule has 6 nitrogen and oxygen atoms in total. The molecule has 2 aromatic carbocycles. The minimum Gasteiger partial charge on any atom is -0.456 e. The Kier molecular flexibility index (Phi) is 5.36. The molecule has 1 fully saturated rings. The Labute approximate surface area is 172 Å². The van der Waals surface area contributed by atoms with Crippen LogP contribution >= 0.6 is 0 Å². The number of anilines is 2. The van der Waals surface area contributed by atoms with E-state index in [9.17, 15) is 9.65 Å². The topological polar surface area (TPSA) is 94.6 Å². The fourth-order valence-electron chi connectivity index (χ4n) is 2.95. The average Bonchev–Trinajstić information content (AvgIpc) is 3.58. The number of nitriles is 2. The maximum Gasteiger partial charge on any atom is 0.227 e. The second-order valence-corrected chi connectivity index (χ2v) is 6.81. The van der Waals surface area contributed by atoms with Crippen LogP contribution in [0.2, 0.25) is 0 Å². The fourth-order valence-corrected chi connectivity index (χ4v) is 2.95. The van der Waals surface area contributed by atoms with Crippen LogP contribution in [0.25, 0.3) is 6.08 Å². The molecule has 7 heteroatoms. The van der Waals surface area contributed by atoms with Crippen molar-refractivity contribution >= 4 is 17.7 Å². The highest BCUT2D eigenvalue weighted by atomic mass is 19.1. The Balaban J connectivity index is 1.60. The Bertz CT molecular complexity index is 1200. The number of rotatable bonds is 6. The number of hydrogen-bond donors (Lipinski definition) is 1. The van der Waals surface area contributed by atoms with Gasteiger partial charge in [-0.05, 0) is 54.8 Å². The van der Waals surface area contributed by atoms with Crippen molar-refractivity contribution < 1.29 is 9.13 Å². The van der Waals surface area contributed by atoms with Crippen molar-refractivity contribution in [2.24, 2.45) is 0 Å². The monoisotopic (exact) mass is 397 g/mol. The van der Waals surface area contributed by atoms with Crippen molar-refractivity contribution in [1.29, 1.82) is 10.5 Å². The number of benzene rings is 2. The molecular formula is C23H16FN5O. The summed E-state index contributed by atoms with van der Waals surface area (Å²) < 4.78 is 19.7. The smallest absolute Gasteiger partial charge is 0.227 e. The van der Waals surface area contributed by atoms with Crippen LogP contribution in [0.3, 0.4) is 0 Å². The summed E-state index contributed by atoms with van der Waals surface area (Å²) in [6.07, 6.45) is 6.73. The number of hydrogen-bond acceptors (Lipinski definition) is 6. The van der Waals surface area contributed by atoms with Crippen molar-refractivity contribution in [3.8, 4) is 23.6 Å². The molecule has 146 valence electrons. The first-order chi connectivity index (χ1) is 14.6. The van der Waals surface area contributed by atoms with Gasteiger partial charge in [-0.2, -0.15) is 10.5 Å². The molecule has 0 radical (unpaired) electrons. The van der Waals surface area contributed by atoms with E-state index in [2.05, 4.69) is 21.4 Å². The zero-order valence-corrected chi connectivity index (χ0v) is 15.8.